The Morgan fingerprint density at radius 3 is 2.32 bits per heavy atom. The van der Waals surface area contributed by atoms with Crippen molar-refractivity contribution in [2.24, 2.45) is 0 Å². The van der Waals surface area contributed by atoms with Crippen LogP contribution in [0, 0.1) is 0 Å². The van der Waals surface area contributed by atoms with Crippen molar-refractivity contribution in [3.63, 3.8) is 0 Å². The molecule has 0 spiro atoms. The van der Waals surface area contributed by atoms with Gasteiger partial charge in [-0.05, 0) is 41.8 Å². The third-order valence-corrected chi connectivity index (χ3v) is 4.41. The second kappa shape index (κ2) is 9.55. The molecule has 1 atom stereocenters. The van der Waals surface area contributed by atoms with Gasteiger partial charge < -0.3 is 15.1 Å². The van der Waals surface area contributed by atoms with Crippen molar-refractivity contribution >= 4 is 17.5 Å². The summed E-state index contributed by atoms with van der Waals surface area (Å²) in [6.45, 7) is 2.13. The van der Waals surface area contributed by atoms with Crippen LogP contribution in [0.1, 0.15) is 35.0 Å². The maximum atomic E-state index is 12.9. The molecular formula is C23H24N2O3. The van der Waals surface area contributed by atoms with E-state index in [9.17, 15) is 9.59 Å². The van der Waals surface area contributed by atoms with Crippen molar-refractivity contribution < 1.29 is 14.0 Å². The zero-order valence-electron chi connectivity index (χ0n) is 15.9. The van der Waals surface area contributed by atoms with Gasteiger partial charge in [0.25, 0.3) is 5.91 Å². The van der Waals surface area contributed by atoms with Gasteiger partial charge in [0, 0.05) is 12.1 Å². The molecule has 0 saturated carbocycles. The van der Waals surface area contributed by atoms with Gasteiger partial charge in [0.15, 0.2) is 5.76 Å². The number of furan rings is 1. The van der Waals surface area contributed by atoms with Gasteiger partial charge in [-0.2, -0.15) is 0 Å². The molecule has 0 fully saturated rings. The maximum absolute atomic E-state index is 12.9. The Labute approximate surface area is 164 Å². The smallest absolute Gasteiger partial charge is 0.287 e. The van der Waals surface area contributed by atoms with E-state index < -0.39 is 11.9 Å². The average Bonchev–Trinajstić information content (AvgIpc) is 3.25. The van der Waals surface area contributed by atoms with Crippen molar-refractivity contribution in [1.29, 1.82) is 0 Å². The quantitative estimate of drug-likeness (QED) is 0.619. The van der Waals surface area contributed by atoms with E-state index in [0.717, 1.165) is 18.4 Å². The van der Waals surface area contributed by atoms with Crippen LogP contribution < -0.4 is 10.6 Å². The first kappa shape index (κ1) is 19.4. The van der Waals surface area contributed by atoms with Gasteiger partial charge in [-0.25, -0.2) is 0 Å². The molecule has 0 aliphatic carbocycles. The second-order valence-corrected chi connectivity index (χ2v) is 6.63. The molecule has 1 heterocycles. The molecule has 3 aromatic rings. The number of aryl methyl sites for hydroxylation is 1. The summed E-state index contributed by atoms with van der Waals surface area (Å²) in [6.07, 6.45) is 3.89. The Kier molecular flexibility index (Phi) is 6.63. The van der Waals surface area contributed by atoms with Gasteiger partial charge in [-0.15, -0.1) is 0 Å². The predicted molar refractivity (Wildman–Crippen MR) is 109 cm³/mol. The number of anilines is 1. The lowest BCUT2D eigenvalue weighted by Crippen LogP contribution is -2.45. The molecule has 1 aromatic heterocycles. The number of carbonyl (C=O) groups is 2. The Bertz CT molecular complexity index is 887. The average molecular weight is 376 g/mol. The van der Waals surface area contributed by atoms with Gasteiger partial charge in [0.05, 0.1) is 6.26 Å². The Morgan fingerprint density at radius 2 is 1.68 bits per heavy atom. The molecule has 0 bridgehead atoms. The molecule has 2 aromatic carbocycles. The molecule has 1 unspecified atom stereocenters. The first-order valence-corrected chi connectivity index (χ1v) is 9.44. The highest BCUT2D eigenvalue weighted by atomic mass is 16.3. The summed E-state index contributed by atoms with van der Waals surface area (Å²) in [7, 11) is 0. The van der Waals surface area contributed by atoms with Crippen LogP contribution in [0.2, 0.25) is 0 Å². The van der Waals surface area contributed by atoms with E-state index >= 15 is 0 Å². The van der Waals surface area contributed by atoms with Crippen molar-refractivity contribution in [2.45, 2.75) is 32.2 Å². The largest absolute Gasteiger partial charge is 0.459 e. The molecule has 0 aliphatic heterocycles. The molecule has 28 heavy (non-hydrogen) atoms. The molecule has 0 radical (unpaired) electrons. The molecule has 0 saturated heterocycles. The van der Waals surface area contributed by atoms with Crippen molar-refractivity contribution in [1.82, 2.24) is 5.32 Å². The number of nitrogens with one attached hydrogen (secondary N) is 2. The fraction of sp³-hybridized carbons (Fsp3) is 0.217. The van der Waals surface area contributed by atoms with Gasteiger partial charge in [0.2, 0.25) is 5.91 Å². The number of rotatable bonds is 8. The maximum Gasteiger partial charge on any atom is 0.287 e. The van der Waals surface area contributed by atoms with E-state index in [1.807, 2.05) is 54.6 Å². The highest BCUT2D eigenvalue weighted by molar-refractivity contribution is 6.00. The lowest BCUT2D eigenvalue weighted by Gasteiger charge is -2.18. The number of hydrogen-bond donors (Lipinski definition) is 2. The standard InChI is InChI=1S/C23H24N2O3/c1-2-7-17-11-13-19(14-12-17)24-22(26)20(16-18-8-4-3-5-9-18)25-23(27)21-10-6-15-28-21/h3-6,8-15,20H,2,7,16H2,1H3,(H,24,26)(H,25,27). The fourth-order valence-corrected chi connectivity index (χ4v) is 2.97. The van der Waals surface area contributed by atoms with Crippen LogP contribution in [0.25, 0.3) is 0 Å². The Hall–Kier alpha value is -3.34. The topological polar surface area (TPSA) is 71.3 Å². The van der Waals surface area contributed by atoms with Gasteiger partial charge in [-0.1, -0.05) is 55.8 Å². The summed E-state index contributed by atoms with van der Waals surface area (Å²) >= 11 is 0. The van der Waals surface area contributed by atoms with Gasteiger partial charge >= 0.3 is 0 Å². The lowest BCUT2D eigenvalue weighted by molar-refractivity contribution is -0.118. The highest BCUT2D eigenvalue weighted by Crippen LogP contribution is 2.13. The monoisotopic (exact) mass is 376 g/mol. The third-order valence-electron chi connectivity index (χ3n) is 4.41. The van der Waals surface area contributed by atoms with E-state index in [4.69, 9.17) is 4.42 Å². The van der Waals surface area contributed by atoms with E-state index in [-0.39, 0.29) is 11.7 Å². The molecule has 5 heteroatoms. The molecule has 2 N–H and O–H groups in total. The Balaban J connectivity index is 1.72. The minimum absolute atomic E-state index is 0.176. The predicted octanol–water partition coefficient (Wildman–Crippen LogP) is 4.21. The zero-order chi connectivity index (χ0) is 19.8. The number of benzene rings is 2. The van der Waals surface area contributed by atoms with Crippen LogP contribution in [0.3, 0.4) is 0 Å². The first-order chi connectivity index (χ1) is 13.7. The van der Waals surface area contributed by atoms with Crippen molar-refractivity contribution in [2.75, 3.05) is 5.32 Å². The van der Waals surface area contributed by atoms with Crippen LogP contribution in [0.5, 0.6) is 0 Å². The van der Waals surface area contributed by atoms with Crippen molar-refractivity contribution in [3.8, 4) is 0 Å². The molecule has 5 nitrogen and oxygen atoms in total. The summed E-state index contributed by atoms with van der Waals surface area (Å²) in [5.74, 6) is -0.513. The van der Waals surface area contributed by atoms with Crippen LogP contribution in [0.15, 0.2) is 77.4 Å². The van der Waals surface area contributed by atoms with E-state index in [1.165, 1.54) is 11.8 Å². The number of amides is 2. The summed E-state index contributed by atoms with van der Waals surface area (Å²) in [5, 5.41) is 5.67. The summed E-state index contributed by atoms with van der Waals surface area (Å²) in [6, 6.07) is 19.9. The normalized spacial score (nSPS) is 11.6. The van der Waals surface area contributed by atoms with Crippen molar-refractivity contribution in [3.05, 3.63) is 89.9 Å². The van der Waals surface area contributed by atoms with E-state index in [0.29, 0.717) is 12.1 Å². The number of carbonyl (C=O) groups excluding carboxylic acids is 2. The first-order valence-electron chi connectivity index (χ1n) is 9.44. The number of hydrogen-bond acceptors (Lipinski definition) is 3. The summed E-state index contributed by atoms with van der Waals surface area (Å²) < 4.78 is 5.14. The molecule has 0 aliphatic rings. The fourth-order valence-electron chi connectivity index (χ4n) is 2.97. The van der Waals surface area contributed by atoms with E-state index in [1.54, 1.807) is 12.1 Å². The Morgan fingerprint density at radius 1 is 0.929 bits per heavy atom. The molecule has 2 amide bonds. The van der Waals surface area contributed by atoms with Crippen LogP contribution in [-0.2, 0) is 17.6 Å². The van der Waals surface area contributed by atoms with Gasteiger partial charge in [-0.3, -0.25) is 9.59 Å². The molecule has 144 valence electrons. The SMILES string of the molecule is CCCc1ccc(NC(=O)C(Cc2ccccc2)NC(=O)c2ccco2)cc1. The second-order valence-electron chi connectivity index (χ2n) is 6.63. The van der Waals surface area contributed by atoms with Crippen LogP contribution >= 0.6 is 0 Å². The minimum atomic E-state index is -0.727. The molecule has 3 rings (SSSR count). The van der Waals surface area contributed by atoms with E-state index in [2.05, 4.69) is 17.6 Å². The van der Waals surface area contributed by atoms with Crippen LogP contribution in [0.4, 0.5) is 5.69 Å². The zero-order valence-corrected chi connectivity index (χ0v) is 15.9. The molecular weight excluding hydrogens is 352 g/mol. The highest BCUT2D eigenvalue weighted by Gasteiger charge is 2.23. The summed E-state index contributed by atoms with van der Waals surface area (Å²) in [5.41, 5.74) is 2.89. The van der Waals surface area contributed by atoms with Crippen LogP contribution in [-0.4, -0.2) is 17.9 Å². The van der Waals surface area contributed by atoms with Gasteiger partial charge in [0.1, 0.15) is 6.04 Å². The summed E-state index contributed by atoms with van der Waals surface area (Å²) in [4.78, 5) is 25.3. The third kappa shape index (κ3) is 5.33. The minimum Gasteiger partial charge on any atom is -0.459 e. The lowest BCUT2D eigenvalue weighted by atomic mass is 10.0.